The van der Waals surface area contributed by atoms with Crippen LogP contribution in [0.5, 0.6) is 0 Å². The highest BCUT2D eigenvalue weighted by atomic mass is 32.2. The summed E-state index contributed by atoms with van der Waals surface area (Å²) >= 11 is 1.35. The van der Waals surface area contributed by atoms with E-state index in [1.165, 1.54) is 11.8 Å². The zero-order chi connectivity index (χ0) is 15.6. The molecule has 0 aliphatic heterocycles. The van der Waals surface area contributed by atoms with E-state index in [9.17, 15) is 4.79 Å². The minimum Gasteiger partial charge on any atom is -0.279 e. The summed E-state index contributed by atoms with van der Waals surface area (Å²) in [4.78, 5) is 21.1. The van der Waals surface area contributed by atoms with E-state index in [1.807, 2.05) is 36.4 Å². The Bertz CT molecular complexity index is 942. The minimum absolute atomic E-state index is 0.0276. The van der Waals surface area contributed by atoms with Crippen molar-refractivity contribution in [3.05, 3.63) is 67.0 Å². The smallest absolute Gasteiger partial charge is 0.242 e. The van der Waals surface area contributed by atoms with Crippen LogP contribution in [0.25, 0.3) is 21.8 Å². The van der Waals surface area contributed by atoms with Crippen molar-refractivity contribution in [3.8, 4) is 0 Å². The topological polar surface area (TPSA) is 47.8 Å². The highest BCUT2D eigenvalue weighted by Crippen LogP contribution is 2.29. The number of para-hydroxylation sites is 2. The average Bonchev–Trinajstić information content (AvgIpc) is 2.95. The predicted molar refractivity (Wildman–Crippen MR) is 92.8 cm³/mol. The molecule has 0 fully saturated rings. The molecule has 0 amide bonds. The quantitative estimate of drug-likeness (QED) is 0.423. The normalized spacial score (nSPS) is 11.1. The van der Waals surface area contributed by atoms with Gasteiger partial charge in [-0.25, -0.2) is 9.97 Å². The van der Waals surface area contributed by atoms with Crippen molar-refractivity contribution in [2.75, 3.05) is 5.75 Å². The second-order valence-corrected chi connectivity index (χ2v) is 6.03. The Morgan fingerprint density at radius 1 is 0.870 bits per heavy atom. The number of nitrogens with zero attached hydrogens (tertiary/aromatic N) is 3. The maximum absolute atomic E-state index is 12.8. The molecule has 2 heterocycles. The molecule has 0 aliphatic rings. The van der Waals surface area contributed by atoms with Gasteiger partial charge in [-0.2, -0.15) is 0 Å². The predicted octanol–water partition coefficient (Wildman–Crippen LogP) is 4.02. The molecule has 0 aliphatic carbocycles. The third-order valence-corrected chi connectivity index (χ3v) is 4.56. The molecule has 112 valence electrons. The van der Waals surface area contributed by atoms with Gasteiger partial charge in [0.05, 0.1) is 16.8 Å². The van der Waals surface area contributed by atoms with Gasteiger partial charge in [0.15, 0.2) is 5.16 Å². The van der Waals surface area contributed by atoms with Gasteiger partial charge in [0.2, 0.25) is 5.91 Å². The van der Waals surface area contributed by atoms with Gasteiger partial charge in [-0.05, 0) is 18.2 Å². The Kier molecular flexibility index (Phi) is 3.55. The third-order valence-electron chi connectivity index (χ3n) is 3.70. The molecule has 0 bridgehead atoms. The number of fused-ring (bicyclic) bond motifs is 3. The van der Waals surface area contributed by atoms with Crippen LogP contribution < -0.4 is 0 Å². The van der Waals surface area contributed by atoms with E-state index in [2.05, 4.69) is 22.1 Å². The van der Waals surface area contributed by atoms with Crippen LogP contribution in [0.3, 0.4) is 0 Å². The fourth-order valence-electron chi connectivity index (χ4n) is 2.74. The lowest BCUT2D eigenvalue weighted by Gasteiger charge is -2.05. The summed E-state index contributed by atoms with van der Waals surface area (Å²) in [5.74, 6) is 0.326. The lowest BCUT2D eigenvalue weighted by Crippen LogP contribution is -2.13. The molecule has 0 saturated carbocycles. The molecule has 23 heavy (non-hydrogen) atoms. The number of carbonyl (C=O) groups is 1. The maximum atomic E-state index is 12.8. The Labute approximate surface area is 137 Å². The highest BCUT2D eigenvalue weighted by molar-refractivity contribution is 7.99. The summed E-state index contributed by atoms with van der Waals surface area (Å²) in [5.41, 5.74) is 1.88. The molecule has 0 saturated heterocycles. The second kappa shape index (κ2) is 5.85. The standard InChI is InChI=1S/C18H13N3OS/c22-17(12-23-18-19-10-5-11-20-18)21-15-8-3-1-6-13(15)14-7-2-4-9-16(14)21/h1-11H,12H2. The molecule has 0 radical (unpaired) electrons. The Balaban J connectivity index is 1.76. The maximum Gasteiger partial charge on any atom is 0.242 e. The Morgan fingerprint density at radius 2 is 1.43 bits per heavy atom. The SMILES string of the molecule is O=C(CSc1ncccn1)n1c2ccccc2c2ccccc21. The molecule has 0 N–H and O–H groups in total. The highest BCUT2D eigenvalue weighted by Gasteiger charge is 2.15. The van der Waals surface area contributed by atoms with Gasteiger partial charge in [0, 0.05) is 23.2 Å². The van der Waals surface area contributed by atoms with Crippen molar-refractivity contribution in [3.63, 3.8) is 0 Å². The van der Waals surface area contributed by atoms with Gasteiger partial charge in [-0.1, -0.05) is 48.2 Å². The van der Waals surface area contributed by atoms with Crippen LogP contribution in [0.1, 0.15) is 4.79 Å². The van der Waals surface area contributed by atoms with E-state index in [-0.39, 0.29) is 5.91 Å². The second-order valence-electron chi connectivity index (χ2n) is 5.08. The molecule has 2 aromatic carbocycles. The Hall–Kier alpha value is -2.66. The van der Waals surface area contributed by atoms with Crippen molar-refractivity contribution in [1.82, 2.24) is 14.5 Å². The summed E-state index contributed by atoms with van der Waals surface area (Å²) in [6.45, 7) is 0. The lowest BCUT2D eigenvalue weighted by molar-refractivity contribution is 0.0951. The molecular formula is C18H13N3OS. The molecule has 4 aromatic rings. The van der Waals surface area contributed by atoms with Crippen molar-refractivity contribution < 1.29 is 4.79 Å². The fourth-order valence-corrected chi connectivity index (χ4v) is 3.39. The first kappa shape index (κ1) is 14.0. The van der Waals surface area contributed by atoms with Gasteiger partial charge in [0.1, 0.15) is 0 Å². The molecule has 0 spiro atoms. The van der Waals surface area contributed by atoms with Crippen LogP contribution in [-0.4, -0.2) is 26.2 Å². The number of carbonyl (C=O) groups excluding carboxylic acids is 1. The van der Waals surface area contributed by atoms with E-state index in [0.717, 1.165) is 21.8 Å². The summed E-state index contributed by atoms with van der Waals surface area (Å²) in [5, 5.41) is 2.80. The summed E-state index contributed by atoms with van der Waals surface area (Å²) < 4.78 is 1.79. The van der Waals surface area contributed by atoms with Crippen LogP contribution in [0.15, 0.2) is 72.1 Å². The minimum atomic E-state index is 0.0276. The average molecular weight is 319 g/mol. The van der Waals surface area contributed by atoms with E-state index in [1.54, 1.807) is 23.0 Å². The van der Waals surface area contributed by atoms with E-state index in [0.29, 0.717) is 10.9 Å². The van der Waals surface area contributed by atoms with Crippen molar-refractivity contribution >= 4 is 39.5 Å². The van der Waals surface area contributed by atoms with Crippen LogP contribution in [-0.2, 0) is 0 Å². The van der Waals surface area contributed by atoms with Gasteiger partial charge in [-0.15, -0.1) is 0 Å². The zero-order valence-corrected chi connectivity index (χ0v) is 13.0. The van der Waals surface area contributed by atoms with Gasteiger partial charge in [-0.3, -0.25) is 9.36 Å². The first-order chi connectivity index (χ1) is 11.3. The Morgan fingerprint density at radius 3 is 2.04 bits per heavy atom. The van der Waals surface area contributed by atoms with E-state index >= 15 is 0 Å². The van der Waals surface area contributed by atoms with Gasteiger partial charge < -0.3 is 0 Å². The van der Waals surface area contributed by atoms with Crippen molar-refractivity contribution in [1.29, 1.82) is 0 Å². The van der Waals surface area contributed by atoms with Crippen LogP contribution in [0.4, 0.5) is 0 Å². The first-order valence-corrected chi connectivity index (χ1v) is 8.24. The van der Waals surface area contributed by atoms with Crippen molar-refractivity contribution in [2.45, 2.75) is 5.16 Å². The number of hydrogen-bond donors (Lipinski definition) is 0. The summed E-state index contributed by atoms with van der Waals surface area (Å²) in [6, 6.07) is 17.7. The zero-order valence-electron chi connectivity index (χ0n) is 12.2. The lowest BCUT2D eigenvalue weighted by atomic mass is 10.2. The molecule has 4 rings (SSSR count). The van der Waals surface area contributed by atoms with Crippen LogP contribution >= 0.6 is 11.8 Å². The number of hydrogen-bond acceptors (Lipinski definition) is 4. The fraction of sp³-hybridized carbons (Fsp3) is 0.0556. The summed E-state index contributed by atoms with van der Waals surface area (Å²) in [6.07, 6.45) is 3.36. The third kappa shape index (κ3) is 2.49. The van der Waals surface area contributed by atoms with Crippen LogP contribution in [0.2, 0.25) is 0 Å². The number of aromatic nitrogens is 3. The summed E-state index contributed by atoms with van der Waals surface area (Å²) in [7, 11) is 0. The van der Waals surface area contributed by atoms with E-state index < -0.39 is 0 Å². The molecular weight excluding hydrogens is 306 g/mol. The monoisotopic (exact) mass is 319 g/mol. The molecule has 0 unspecified atom stereocenters. The first-order valence-electron chi connectivity index (χ1n) is 7.26. The molecule has 4 nitrogen and oxygen atoms in total. The molecule has 5 heteroatoms. The van der Waals surface area contributed by atoms with E-state index in [4.69, 9.17) is 0 Å². The van der Waals surface area contributed by atoms with Crippen LogP contribution in [0, 0.1) is 0 Å². The molecule has 2 aromatic heterocycles. The largest absolute Gasteiger partial charge is 0.279 e. The van der Waals surface area contributed by atoms with Gasteiger partial charge >= 0.3 is 0 Å². The van der Waals surface area contributed by atoms with Crippen molar-refractivity contribution in [2.24, 2.45) is 0 Å². The number of thioether (sulfide) groups is 1. The number of rotatable bonds is 3. The molecule has 0 atom stereocenters. The van der Waals surface area contributed by atoms with Gasteiger partial charge in [0.25, 0.3) is 0 Å². The number of benzene rings is 2.